The average Bonchev–Trinajstić information content (AvgIpc) is 2.58. The molecule has 6 nitrogen and oxygen atoms in total. The van der Waals surface area contributed by atoms with Crippen LogP contribution in [0.1, 0.15) is 32.3 Å². The molecule has 0 aliphatic carbocycles. The van der Waals surface area contributed by atoms with E-state index >= 15 is 0 Å². The molecule has 1 rings (SSSR count). The summed E-state index contributed by atoms with van der Waals surface area (Å²) < 4.78 is 10.1. The summed E-state index contributed by atoms with van der Waals surface area (Å²) in [7, 11) is 3.66. The van der Waals surface area contributed by atoms with E-state index in [9.17, 15) is 4.79 Å². The number of rotatable bonds is 9. The van der Waals surface area contributed by atoms with Crippen LogP contribution in [0.2, 0.25) is 0 Å². The maximum absolute atomic E-state index is 11.3. The number of carbonyl (C=O) groups is 1. The van der Waals surface area contributed by atoms with Crippen molar-refractivity contribution in [1.82, 2.24) is 10.2 Å². The van der Waals surface area contributed by atoms with E-state index in [0.717, 1.165) is 24.8 Å². The van der Waals surface area contributed by atoms with Crippen LogP contribution in [0, 0.1) is 0 Å². The van der Waals surface area contributed by atoms with E-state index in [-0.39, 0.29) is 5.97 Å². The maximum Gasteiger partial charge on any atom is 0.305 e. The third-order valence-electron chi connectivity index (χ3n) is 3.38. The quantitative estimate of drug-likeness (QED) is 0.325. The SMILES string of the molecule is CCNC(=NCCCC(=O)OCC)N(C)Cc1ccc(OC)cc1. The number of aliphatic imine (C=N–C) groups is 1. The largest absolute Gasteiger partial charge is 0.497 e. The first-order chi connectivity index (χ1) is 11.6. The van der Waals surface area contributed by atoms with Gasteiger partial charge in [-0.1, -0.05) is 12.1 Å². The highest BCUT2D eigenvalue weighted by molar-refractivity contribution is 5.79. The molecule has 1 N–H and O–H groups in total. The average molecular weight is 335 g/mol. The van der Waals surface area contributed by atoms with Crippen LogP contribution < -0.4 is 10.1 Å². The Balaban J connectivity index is 2.54. The van der Waals surface area contributed by atoms with E-state index in [2.05, 4.69) is 15.2 Å². The van der Waals surface area contributed by atoms with Crippen LogP contribution in [-0.4, -0.2) is 50.7 Å². The number of benzene rings is 1. The van der Waals surface area contributed by atoms with Crippen molar-refractivity contribution in [2.75, 3.05) is 33.9 Å². The molecular weight excluding hydrogens is 306 g/mol. The monoisotopic (exact) mass is 335 g/mol. The van der Waals surface area contributed by atoms with Crippen LogP contribution in [0.5, 0.6) is 5.75 Å². The third-order valence-corrected chi connectivity index (χ3v) is 3.38. The molecule has 0 unspecified atom stereocenters. The highest BCUT2D eigenvalue weighted by Crippen LogP contribution is 2.12. The van der Waals surface area contributed by atoms with Gasteiger partial charge in [-0.25, -0.2) is 0 Å². The molecule has 0 fully saturated rings. The van der Waals surface area contributed by atoms with Crippen LogP contribution in [0.3, 0.4) is 0 Å². The molecule has 1 aromatic carbocycles. The number of hydrogen-bond donors (Lipinski definition) is 1. The van der Waals surface area contributed by atoms with Crippen molar-refractivity contribution < 1.29 is 14.3 Å². The number of esters is 1. The molecule has 0 radical (unpaired) electrons. The minimum absolute atomic E-state index is 0.163. The standard InChI is InChI=1S/C18H29N3O3/c1-5-19-18(20-13-7-8-17(22)24-6-2)21(3)14-15-9-11-16(23-4)12-10-15/h9-12H,5-8,13-14H2,1-4H3,(H,19,20). The molecule has 0 aliphatic rings. The predicted octanol–water partition coefficient (Wildman–Crippen LogP) is 2.44. The molecule has 0 aromatic heterocycles. The van der Waals surface area contributed by atoms with Crippen LogP contribution in [-0.2, 0) is 16.1 Å². The van der Waals surface area contributed by atoms with Gasteiger partial charge in [-0.05, 0) is 38.0 Å². The topological polar surface area (TPSA) is 63.2 Å². The number of carbonyl (C=O) groups excluding carboxylic acids is 1. The van der Waals surface area contributed by atoms with Gasteiger partial charge in [0.2, 0.25) is 0 Å². The lowest BCUT2D eigenvalue weighted by atomic mass is 10.2. The van der Waals surface area contributed by atoms with Gasteiger partial charge in [-0.3, -0.25) is 9.79 Å². The summed E-state index contributed by atoms with van der Waals surface area (Å²) in [6.07, 6.45) is 1.09. The first kappa shape index (κ1) is 19.8. The zero-order valence-corrected chi connectivity index (χ0v) is 15.2. The second-order valence-corrected chi connectivity index (χ2v) is 5.35. The van der Waals surface area contributed by atoms with Crippen molar-refractivity contribution >= 4 is 11.9 Å². The van der Waals surface area contributed by atoms with Crippen molar-refractivity contribution in [1.29, 1.82) is 0 Å². The molecule has 1 aromatic rings. The highest BCUT2D eigenvalue weighted by atomic mass is 16.5. The van der Waals surface area contributed by atoms with E-state index in [1.54, 1.807) is 7.11 Å². The Labute approximate surface area is 144 Å². The molecule has 6 heteroatoms. The van der Waals surface area contributed by atoms with Gasteiger partial charge >= 0.3 is 5.97 Å². The number of nitrogens with zero attached hydrogens (tertiary/aromatic N) is 2. The van der Waals surface area contributed by atoms with Crippen molar-refractivity contribution in [3.05, 3.63) is 29.8 Å². The lowest BCUT2D eigenvalue weighted by Gasteiger charge is -2.22. The van der Waals surface area contributed by atoms with E-state index in [4.69, 9.17) is 9.47 Å². The fourth-order valence-electron chi connectivity index (χ4n) is 2.19. The molecular formula is C18H29N3O3. The summed E-state index contributed by atoms with van der Waals surface area (Å²) in [6.45, 7) is 6.41. The molecule has 0 heterocycles. The minimum Gasteiger partial charge on any atom is -0.497 e. The number of guanidine groups is 1. The Bertz CT molecular complexity index is 515. The zero-order valence-electron chi connectivity index (χ0n) is 15.2. The van der Waals surface area contributed by atoms with Gasteiger partial charge in [-0.2, -0.15) is 0 Å². The lowest BCUT2D eigenvalue weighted by molar-refractivity contribution is -0.143. The normalized spacial score (nSPS) is 11.1. The molecule has 0 aliphatic heterocycles. The van der Waals surface area contributed by atoms with Gasteiger partial charge in [0.05, 0.1) is 13.7 Å². The van der Waals surface area contributed by atoms with Crippen LogP contribution >= 0.6 is 0 Å². The Morgan fingerprint density at radius 2 is 1.96 bits per heavy atom. The molecule has 0 saturated heterocycles. The Morgan fingerprint density at radius 3 is 2.54 bits per heavy atom. The van der Waals surface area contributed by atoms with E-state index in [1.165, 1.54) is 5.56 Å². The molecule has 0 atom stereocenters. The number of methoxy groups -OCH3 is 1. The second kappa shape index (κ2) is 11.3. The lowest BCUT2D eigenvalue weighted by Crippen LogP contribution is -2.38. The van der Waals surface area contributed by atoms with Crippen LogP contribution in [0.15, 0.2) is 29.3 Å². The third kappa shape index (κ3) is 7.35. The van der Waals surface area contributed by atoms with Gasteiger partial charge in [0.15, 0.2) is 5.96 Å². The van der Waals surface area contributed by atoms with Crippen LogP contribution in [0.4, 0.5) is 0 Å². The molecule has 0 amide bonds. The maximum atomic E-state index is 11.3. The zero-order chi connectivity index (χ0) is 17.8. The second-order valence-electron chi connectivity index (χ2n) is 5.35. The van der Waals surface area contributed by atoms with Gasteiger partial charge < -0.3 is 19.7 Å². The number of nitrogens with one attached hydrogen (secondary N) is 1. The molecule has 0 spiro atoms. The van der Waals surface area contributed by atoms with Gasteiger partial charge in [-0.15, -0.1) is 0 Å². The Hall–Kier alpha value is -2.24. The molecule has 0 bridgehead atoms. The summed E-state index contributed by atoms with van der Waals surface area (Å²) in [5.74, 6) is 1.52. The first-order valence-corrected chi connectivity index (χ1v) is 8.38. The summed E-state index contributed by atoms with van der Waals surface area (Å²) in [5, 5.41) is 3.27. The molecule has 0 saturated carbocycles. The van der Waals surface area contributed by atoms with Gasteiger partial charge in [0.1, 0.15) is 5.75 Å². The van der Waals surface area contributed by atoms with E-state index in [1.807, 2.05) is 45.2 Å². The Morgan fingerprint density at radius 1 is 1.25 bits per heavy atom. The van der Waals surface area contributed by atoms with E-state index < -0.39 is 0 Å². The van der Waals surface area contributed by atoms with Crippen LogP contribution in [0.25, 0.3) is 0 Å². The predicted molar refractivity (Wildman–Crippen MR) is 96.3 cm³/mol. The van der Waals surface area contributed by atoms with Crippen molar-refractivity contribution in [3.63, 3.8) is 0 Å². The van der Waals surface area contributed by atoms with Crippen molar-refractivity contribution in [3.8, 4) is 5.75 Å². The Kier molecular flexibility index (Phi) is 9.34. The first-order valence-electron chi connectivity index (χ1n) is 8.38. The fourth-order valence-corrected chi connectivity index (χ4v) is 2.19. The number of ether oxygens (including phenoxy) is 2. The summed E-state index contributed by atoms with van der Waals surface area (Å²) >= 11 is 0. The van der Waals surface area contributed by atoms with Gasteiger partial charge in [0, 0.05) is 33.1 Å². The van der Waals surface area contributed by atoms with Crippen molar-refractivity contribution in [2.24, 2.45) is 4.99 Å². The van der Waals surface area contributed by atoms with E-state index in [0.29, 0.717) is 26.0 Å². The minimum atomic E-state index is -0.163. The summed E-state index contributed by atoms with van der Waals surface area (Å²) in [6, 6.07) is 7.98. The molecule has 134 valence electrons. The fraction of sp³-hybridized carbons (Fsp3) is 0.556. The number of hydrogen-bond acceptors (Lipinski definition) is 4. The highest BCUT2D eigenvalue weighted by Gasteiger charge is 2.07. The van der Waals surface area contributed by atoms with Crippen molar-refractivity contribution in [2.45, 2.75) is 33.2 Å². The summed E-state index contributed by atoms with van der Waals surface area (Å²) in [5.41, 5.74) is 1.18. The van der Waals surface area contributed by atoms with Gasteiger partial charge in [0.25, 0.3) is 0 Å². The smallest absolute Gasteiger partial charge is 0.305 e. The molecule has 24 heavy (non-hydrogen) atoms. The summed E-state index contributed by atoms with van der Waals surface area (Å²) in [4.78, 5) is 18.0.